The molecule has 30 heavy (non-hydrogen) atoms. The zero-order valence-corrected chi connectivity index (χ0v) is 17.3. The molecule has 0 aromatic heterocycles. The van der Waals surface area contributed by atoms with E-state index in [2.05, 4.69) is 10.6 Å². The number of amides is 3. The fourth-order valence-corrected chi connectivity index (χ4v) is 3.86. The lowest BCUT2D eigenvalue weighted by Gasteiger charge is -2.37. The molecule has 2 aromatic carbocycles. The number of piperidine rings is 1. The van der Waals surface area contributed by atoms with Crippen LogP contribution in [0.4, 0.5) is 13.6 Å². The first-order valence-corrected chi connectivity index (χ1v) is 10.2. The summed E-state index contributed by atoms with van der Waals surface area (Å²) < 4.78 is 27.1. The number of likely N-dealkylation sites (tertiary alicyclic amines) is 1. The second kappa shape index (κ2) is 9.69. The minimum absolute atomic E-state index is 0.0782. The van der Waals surface area contributed by atoms with Crippen molar-refractivity contribution in [1.82, 2.24) is 15.5 Å². The Kier molecular flexibility index (Phi) is 7.03. The first-order chi connectivity index (χ1) is 14.4. The normalized spacial score (nSPS) is 18.7. The topological polar surface area (TPSA) is 61.4 Å². The molecule has 1 aliphatic heterocycles. The van der Waals surface area contributed by atoms with Gasteiger partial charge in [-0.1, -0.05) is 24.3 Å². The summed E-state index contributed by atoms with van der Waals surface area (Å²) in [5.74, 6) is -1.30. The van der Waals surface area contributed by atoms with Crippen LogP contribution in [0.2, 0.25) is 0 Å². The van der Waals surface area contributed by atoms with Gasteiger partial charge in [-0.25, -0.2) is 13.6 Å². The van der Waals surface area contributed by atoms with E-state index in [9.17, 15) is 18.4 Å². The molecule has 1 saturated heterocycles. The Bertz CT molecular complexity index is 919. The molecule has 0 aliphatic carbocycles. The van der Waals surface area contributed by atoms with Crippen molar-refractivity contribution in [2.45, 2.75) is 32.7 Å². The van der Waals surface area contributed by atoms with Gasteiger partial charge >= 0.3 is 6.03 Å². The molecular weight excluding hydrogens is 388 g/mol. The van der Waals surface area contributed by atoms with Crippen molar-refractivity contribution in [3.63, 3.8) is 0 Å². The molecule has 3 amide bonds. The molecular formula is C23H27F2N3O2. The van der Waals surface area contributed by atoms with Crippen molar-refractivity contribution >= 4 is 11.9 Å². The van der Waals surface area contributed by atoms with Crippen molar-refractivity contribution in [3.8, 4) is 0 Å². The molecule has 0 unspecified atom stereocenters. The molecule has 2 atom stereocenters. The van der Waals surface area contributed by atoms with Crippen LogP contribution < -0.4 is 10.6 Å². The second-order valence-electron chi connectivity index (χ2n) is 7.73. The maximum atomic E-state index is 13.7. The molecule has 2 N–H and O–H groups in total. The first-order valence-electron chi connectivity index (χ1n) is 10.2. The third kappa shape index (κ3) is 5.34. The molecule has 1 aliphatic rings. The van der Waals surface area contributed by atoms with Gasteiger partial charge in [0.15, 0.2) is 0 Å². The van der Waals surface area contributed by atoms with Crippen molar-refractivity contribution in [1.29, 1.82) is 0 Å². The van der Waals surface area contributed by atoms with Crippen LogP contribution in [0.3, 0.4) is 0 Å². The van der Waals surface area contributed by atoms with Gasteiger partial charge in [-0.2, -0.15) is 0 Å². The first kappa shape index (κ1) is 21.7. The minimum Gasteiger partial charge on any atom is -0.352 e. The summed E-state index contributed by atoms with van der Waals surface area (Å²) in [6, 6.07) is 10.8. The van der Waals surface area contributed by atoms with Crippen molar-refractivity contribution in [2.24, 2.45) is 5.92 Å². The maximum Gasteiger partial charge on any atom is 0.317 e. The van der Waals surface area contributed by atoms with E-state index < -0.39 is 5.92 Å². The summed E-state index contributed by atoms with van der Waals surface area (Å²) in [6.45, 7) is 5.01. The largest absolute Gasteiger partial charge is 0.352 e. The van der Waals surface area contributed by atoms with Crippen molar-refractivity contribution < 1.29 is 18.4 Å². The van der Waals surface area contributed by atoms with Crippen LogP contribution in [0.5, 0.6) is 0 Å². The molecule has 1 fully saturated rings. The zero-order chi connectivity index (χ0) is 21.7. The number of nitrogens with zero attached hydrogens (tertiary/aromatic N) is 1. The summed E-state index contributed by atoms with van der Waals surface area (Å²) in [6.07, 6.45) is 0.552. The average molecular weight is 415 g/mol. The third-order valence-corrected chi connectivity index (χ3v) is 5.45. The lowest BCUT2D eigenvalue weighted by molar-refractivity contribution is -0.126. The monoisotopic (exact) mass is 415 g/mol. The predicted molar refractivity (Wildman–Crippen MR) is 111 cm³/mol. The summed E-state index contributed by atoms with van der Waals surface area (Å²) in [5.41, 5.74) is 2.12. The molecule has 7 heteroatoms. The Morgan fingerprint density at radius 3 is 2.60 bits per heavy atom. The van der Waals surface area contributed by atoms with Gasteiger partial charge in [0, 0.05) is 32.1 Å². The molecule has 0 bridgehead atoms. The molecule has 0 radical (unpaired) electrons. The van der Waals surface area contributed by atoms with E-state index in [-0.39, 0.29) is 36.0 Å². The van der Waals surface area contributed by atoms with Crippen LogP contribution in [0, 0.1) is 24.5 Å². The minimum atomic E-state index is -0.412. The summed E-state index contributed by atoms with van der Waals surface area (Å²) in [5, 5.41) is 5.64. The van der Waals surface area contributed by atoms with Gasteiger partial charge < -0.3 is 15.5 Å². The average Bonchev–Trinajstić information content (AvgIpc) is 2.74. The lowest BCUT2D eigenvalue weighted by atomic mass is 9.83. The van der Waals surface area contributed by atoms with Crippen LogP contribution in [-0.4, -0.2) is 36.5 Å². The van der Waals surface area contributed by atoms with E-state index in [1.54, 1.807) is 36.1 Å². The zero-order valence-electron chi connectivity index (χ0n) is 17.3. The number of halogens is 2. The van der Waals surface area contributed by atoms with Crippen LogP contribution in [0.25, 0.3) is 0 Å². The number of aryl methyl sites for hydroxylation is 1. The van der Waals surface area contributed by atoms with E-state index in [0.29, 0.717) is 37.2 Å². The number of hydrogen-bond acceptors (Lipinski definition) is 2. The smallest absolute Gasteiger partial charge is 0.317 e. The SMILES string of the molecule is CCNC(=O)N1C[C@H](C(=O)NCc2cccc(F)c2)C[C@@H](c2ccc(F)c(C)c2)C1. The summed E-state index contributed by atoms with van der Waals surface area (Å²) in [4.78, 5) is 27.0. The predicted octanol–water partition coefficient (Wildman–Crippen LogP) is 3.72. The molecule has 0 spiro atoms. The van der Waals surface area contributed by atoms with E-state index in [1.807, 2.05) is 6.92 Å². The number of carbonyl (C=O) groups excluding carboxylic acids is 2. The quantitative estimate of drug-likeness (QED) is 0.782. The van der Waals surface area contributed by atoms with E-state index in [0.717, 1.165) is 5.56 Å². The number of benzene rings is 2. The molecule has 3 rings (SSSR count). The van der Waals surface area contributed by atoms with Crippen molar-refractivity contribution in [2.75, 3.05) is 19.6 Å². The molecule has 0 saturated carbocycles. The second-order valence-corrected chi connectivity index (χ2v) is 7.73. The van der Waals surface area contributed by atoms with Gasteiger partial charge in [0.25, 0.3) is 0 Å². The number of hydrogen-bond donors (Lipinski definition) is 2. The van der Waals surface area contributed by atoms with Crippen LogP contribution in [-0.2, 0) is 11.3 Å². The molecule has 1 heterocycles. The van der Waals surface area contributed by atoms with Gasteiger partial charge in [-0.05, 0) is 55.2 Å². The summed E-state index contributed by atoms with van der Waals surface area (Å²) in [7, 11) is 0. The van der Waals surface area contributed by atoms with Gasteiger partial charge in [0.05, 0.1) is 5.92 Å². The molecule has 5 nitrogen and oxygen atoms in total. The highest BCUT2D eigenvalue weighted by Gasteiger charge is 2.34. The number of urea groups is 1. The lowest BCUT2D eigenvalue weighted by Crippen LogP contribution is -2.51. The van der Waals surface area contributed by atoms with E-state index >= 15 is 0 Å². The van der Waals surface area contributed by atoms with Gasteiger partial charge in [0.1, 0.15) is 11.6 Å². The Labute approximate surface area is 175 Å². The highest BCUT2D eigenvalue weighted by atomic mass is 19.1. The van der Waals surface area contributed by atoms with E-state index in [4.69, 9.17) is 0 Å². The summed E-state index contributed by atoms with van der Waals surface area (Å²) >= 11 is 0. The maximum absolute atomic E-state index is 13.7. The molecule has 2 aromatic rings. The molecule has 160 valence electrons. The standard InChI is InChI=1S/C23H27F2N3O2/c1-3-26-23(30)28-13-18(17-7-8-21(25)15(2)9-17)11-19(14-28)22(29)27-12-16-5-4-6-20(24)10-16/h4-10,18-19H,3,11-14H2,1-2H3,(H,26,30)(H,27,29)/t18-,19-/m1/s1. The van der Waals surface area contributed by atoms with E-state index in [1.165, 1.54) is 18.2 Å². The third-order valence-electron chi connectivity index (χ3n) is 5.45. The van der Waals surface area contributed by atoms with Crippen LogP contribution in [0.15, 0.2) is 42.5 Å². The van der Waals surface area contributed by atoms with Gasteiger partial charge in [-0.3, -0.25) is 4.79 Å². The Morgan fingerprint density at radius 2 is 1.90 bits per heavy atom. The van der Waals surface area contributed by atoms with Crippen LogP contribution >= 0.6 is 0 Å². The Morgan fingerprint density at radius 1 is 1.10 bits per heavy atom. The number of carbonyl (C=O) groups is 2. The highest BCUT2D eigenvalue weighted by molar-refractivity contribution is 5.81. The number of rotatable bonds is 5. The fourth-order valence-electron chi connectivity index (χ4n) is 3.86. The number of nitrogens with one attached hydrogen (secondary N) is 2. The van der Waals surface area contributed by atoms with Crippen molar-refractivity contribution in [3.05, 3.63) is 70.8 Å². The Hall–Kier alpha value is -2.96. The Balaban J connectivity index is 1.75. The van der Waals surface area contributed by atoms with Crippen LogP contribution in [0.1, 0.15) is 36.0 Å². The van der Waals surface area contributed by atoms with Gasteiger partial charge in [-0.15, -0.1) is 0 Å². The highest BCUT2D eigenvalue weighted by Crippen LogP contribution is 2.31. The van der Waals surface area contributed by atoms with Gasteiger partial charge in [0.2, 0.25) is 5.91 Å². The fraction of sp³-hybridized carbons (Fsp3) is 0.391.